The summed E-state index contributed by atoms with van der Waals surface area (Å²) < 4.78 is 1.02. The second-order valence-corrected chi connectivity index (χ2v) is 5.72. The van der Waals surface area contributed by atoms with Gasteiger partial charge in [-0.25, -0.2) is 0 Å². The lowest BCUT2D eigenvalue weighted by Gasteiger charge is -2.19. The van der Waals surface area contributed by atoms with Gasteiger partial charge < -0.3 is 5.32 Å². The molecule has 0 aliphatic heterocycles. The normalized spacial score (nSPS) is 12.4. The zero-order chi connectivity index (χ0) is 13.8. The molecule has 0 amide bonds. The lowest BCUT2D eigenvalue weighted by Crippen LogP contribution is -2.20. The molecule has 2 nitrogen and oxygen atoms in total. The minimum atomic E-state index is 0.300. The molecule has 1 unspecified atom stereocenters. The molecule has 1 N–H and O–H groups in total. The average molecular weight is 319 g/mol. The first-order chi connectivity index (χ1) is 9.11. The van der Waals surface area contributed by atoms with Gasteiger partial charge in [-0.1, -0.05) is 18.2 Å². The Balaban J connectivity index is 2.25. The average Bonchev–Trinajstić information content (AvgIpc) is 2.42. The van der Waals surface area contributed by atoms with Crippen molar-refractivity contribution in [2.24, 2.45) is 0 Å². The van der Waals surface area contributed by atoms with Crippen LogP contribution in [-0.2, 0) is 6.42 Å². The minimum absolute atomic E-state index is 0.300. The van der Waals surface area contributed by atoms with Crippen LogP contribution in [0.3, 0.4) is 0 Å². The summed E-state index contributed by atoms with van der Waals surface area (Å²) in [6, 6.07) is 10.9. The molecule has 2 rings (SSSR count). The van der Waals surface area contributed by atoms with Crippen molar-refractivity contribution < 1.29 is 0 Å². The maximum absolute atomic E-state index is 4.46. The van der Waals surface area contributed by atoms with Crippen LogP contribution in [0.1, 0.15) is 28.4 Å². The Morgan fingerprint density at radius 2 is 2.00 bits per heavy atom. The Labute approximate surface area is 123 Å². The molecular formula is C16H19BrN2. The van der Waals surface area contributed by atoms with Crippen LogP contribution in [0.4, 0.5) is 0 Å². The molecule has 1 atom stereocenters. The summed E-state index contributed by atoms with van der Waals surface area (Å²) in [6.07, 6.45) is 2.75. The van der Waals surface area contributed by atoms with Crippen molar-refractivity contribution in [3.63, 3.8) is 0 Å². The standard InChI is InChI=1S/C16H19BrN2/c1-11-5-4-6-15(12(11)2)16(18-3)9-14-8-7-13(17)10-19-14/h4-8,10,16,18H,9H2,1-3H3. The van der Waals surface area contributed by atoms with Crippen LogP contribution in [0.25, 0.3) is 0 Å². The van der Waals surface area contributed by atoms with Crippen LogP contribution >= 0.6 is 15.9 Å². The lowest BCUT2D eigenvalue weighted by atomic mass is 9.94. The van der Waals surface area contributed by atoms with Gasteiger partial charge in [0.1, 0.15) is 0 Å². The highest BCUT2D eigenvalue weighted by molar-refractivity contribution is 9.10. The Morgan fingerprint density at radius 1 is 1.21 bits per heavy atom. The number of aryl methyl sites for hydroxylation is 1. The first-order valence-corrected chi connectivity index (χ1v) is 7.25. The zero-order valence-corrected chi connectivity index (χ0v) is 13.2. The van der Waals surface area contributed by atoms with E-state index in [2.05, 4.69) is 64.3 Å². The molecular weight excluding hydrogens is 300 g/mol. The van der Waals surface area contributed by atoms with E-state index >= 15 is 0 Å². The molecule has 1 aromatic heterocycles. The number of nitrogens with one attached hydrogen (secondary N) is 1. The smallest absolute Gasteiger partial charge is 0.0423 e. The Kier molecular flexibility index (Phi) is 4.72. The zero-order valence-electron chi connectivity index (χ0n) is 11.6. The van der Waals surface area contributed by atoms with Gasteiger partial charge in [0.15, 0.2) is 0 Å². The van der Waals surface area contributed by atoms with E-state index in [0.717, 1.165) is 16.6 Å². The highest BCUT2D eigenvalue weighted by atomic mass is 79.9. The summed E-state index contributed by atoms with van der Waals surface area (Å²) in [5.74, 6) is 0. The lowest BCUT2D eigenvalue weighted by molar-refractivity contribution is 0.581. The van der Waals surface area contributed by atoms with Gasteiger partial charge in [-0.2, -0.15) is 0 Å². The van der Waals surface area contributed by atoms with E-state index in [1.54, 1.807) is 0 Å². The van der Waals surface area contributed by atoms with Crippen molar-refractivity contribution in [2.45, 2.75) is 26.3 Å². The second-order valence-electron chi connectivity index (χ2n) is 4.80. The topological polar surface area (TPSA) is 24.9 Å². The summed E-state index contributed by atoms with van der Waals surface area (Å²) in [5.41, 5.74) is 5.15. The Morgan fingerprint density at radius 3 is 2.63 bits per heavy atom. The Bertz CT molecular complexity index is 549. The van der Waals surface area contributed by atoms with Gasteiger partial charge in [0.05, 0.1) is 0 Å². The molecule has 0 saturated heterocycles. The van der Waals surface area contributed by atoms with E-state index in [9.17, 15) is 0 Å². The van der Waals surface area contributed by atoms with Gasteiger partial charge in [0.25, 0.3) is 0 Å². The molecule has 0 aliphatic rings. The molecule has 1 heterocycles. The largest absolute Gasteiger partial charge is 0.313 e. The van der Waals surface area contributed by atoms with Crippen molar-refractivity contribution in [3.8, 4) is 0 Å². The van der Waals surface area contributed by atoms with Crippen molar-refractivity contribution in [1.82, 2.24) is 10.3 Å². The molecule has 0 bridgehead atoms. The maximum Gasteiger partial charge on any atom is 0.0423 e. The number of likely N-dealkylation sites (N-methyl/N-ethyl adjacent to an activating group) is 1. The van der Waals surface area contributed by atoms with Gasteiger partial charge in [0, 0.05) is 28.8 Å². The number of benzene rings is 1. The van der Waals surface area contributed by atoms with Gasteiger partial charge in [0.2, 0.25) is 0 Å². The van der Waals surface area contributed by atoms with E-state index in [-0.39, 0.29) is 0 Å². The van der Waals surface area contributed by atoms with Crippen LogP contribution in [0.2, 0.25) is 0 Å². The van der Waals surface area contributed by atoms with Crippen LogP contribution in [-0.4, -0.2) is 12.0 Å². The first-order valence-electron chi connectivity index (χ1n) is 6.45. The van der Waals surface area contributed by atoms with Crippen LogP contribution in [0, 0.1) is 13.8 Å². The van der Waals surface area contributed by atoms with Gasteiger partial charge in [-0.3, -0.25) is 4.98 Å². The molecule has 3 heteroatoms. The molecule has 0 fully saturated rings. The van der Waals surface area contributed by atoms with E-state index < -0.39 is 0 Å². The summed E-state index contributed by atoms with van der Waals surface area (Å²) in [4.78, 5) is 4.46. The molecule has 0 saturated carbocycles. The molecule has 0 aliphatic carbocycles. The second kappa shape index (κ2) is 6.31. The van der Waals surface area contributed by atoms with Crippen molar-refractivity contribution >= 4 is 15.9 Å². The molecule has 1 aromatic carbocycles. The van der Waals surface area contributed by atoms with Crippen LogP contribution in [0.15, 0.2) is 41.0 Å². The first kappa shape index (κ1) is 14.2. The third kappa shape index (κ3) is 3.43. The number of rotatable bonds is 4. The number of hydrogen-bond donors (Lipinski definition) is 1. The predicted molar refractivity (Wildman–Crippen MR) is 83.4 cm³/mol. The van der Waals surface area contributed by atoms with Crippen molar-refractivity contribution in [3.05, 3.63) is 63.4 Å². The number of hydrogen-bond acceptors (Lipinski definition) is 2. The molecule has 2 aromatic rings. The third-order valence-corrected chi connectivity index (χ3v) is 4.04. The fourth-order valence-electron chi connectivity index (χ4n) is 2.26. The highest BCUT2D eigenvalue weighted by Gasteiger charge is 2.13. The Hall–Kier alpha value is -1.19. The minimum Gasteiger partial charge on any atom is -0.313 e. The summed E-state index contributed by atoms with van der Waals surface area (Å²) in [7, 11) is 2.01. The quantitative estimate of drug-likeness (QED) is 0.922. The maximum atomic E-state index is 4.46. The van der Waals surface area contributed by atoms with Crippen molar-refractivity contribution in [2.75, 3.05) is 7.05 Å². The van der Waals surface area contributed by atoms with Crippen LogP contribution in [0.5, 0.6) is 0 Å². The number of aromatic nitrogens is 1. The number of pyridine rings is 1. The van der Waals surface area contributed by atoms with E-state index in [0.29, 0.717) is 6.04 Å². The van der Waals surface area contributed by atoms with Gasteiger partial charge in [-0.05, 0) is 65.6 Å². The summed E-state index contributed by atoms with van der Waals surface area (Å²) in [6.45, 7) is 4.34. The third-order valence-electron chi connectivity index (χ3n) is 3.57. The molecule has 19 heavy (non-hydrogen) atoms. The molecule has 100 valence electrons. The van der Waals surface area contributed by atoms with E-state index in [1.165, 1.54) is 16.7 Å². The number of nitrogens with zero attached hydrogens (tertiary/aromatic N) is 1. The van der Waals surface area contributed by atoms with Crippen LogP contribution < -0.4 is 5.32 Å². The van der Waals surface area contributed by atoms with Gasteiger partial charge >= 0.3 is 0 Å². The predicted octanol–water partition coefficient (Wildman–Crippen LogP) is 3.96. The fourth-order valence-corrected chi connectivity index (χ4v) is 2.49. The van der Waals surface area contributed by atoms with Crippen molar-refractivity contribution in [1.29, 1.82) is 0 Å². The fraction of sp³-hybridized carbons (Fsp3) is 0.312. The summed E-state index contributed by atoms with van der Waals surface area (Å²) >= 11 is 3.42. The molecule has 0 radical (unpaired) electrons. The number of halogens is 1. The SMILES string of the molecule is CNC(Cc1ccc(Br)cn1)c1cccc(C)c1C. The monoisotopic (exact) mass is 318 g/mol. The summed E-state index contributed by atoms with van der Waals surface area (Å²) in [5, 5.41) is 3.40. The van der Waals surface area contributed by atoms with Gasteiger partial charge in [-0.15, -0.1) is 0 Å². The van der Waals surface area contributed by atoms with E-state index in [4.69, 9.17) is 0 Å². The van der Waals surface area contributed by atoms with E-state index in [1.807, 2.05) is 19.3 Å². The molecule has 0 spiro atoms. The highest BCUT2D eigenvalue weighted by Crippen LogP contribution is 2.23.